The van der Waals surface area contributed by atoms with E-state index in [0.29, 0.717) is 0 Å². The summed E-state index contributed by atoms with van der Waals surface area (Å²) in [6.45, 7) is 0.218. The largest absolute Gasteiger partial charge is 0.383 e. The van der Waals surface area contributed by atoms with Gasteiger partial charge >= 0.3 is 0 Å². The number of carbonyl (C=O) groups is 1. The molecular formula is C19H16ClFN2O2. The molecule has 1 atom stereocenters. The molecule has 2 N–H and O–H groups in total. The third-order valence-electron chi connectivity index (χ3n) is 3.93. The van der Waals surface area contributed by atoms with Crippen molar-refractivity contribution in [1.29, 1.82) is 0 Å². The molecule has 0 unspecified atom stereocenters. The number of nitrogens with one attached hydrogen (secondary N) is 1. The van der Waals surface area contributed by atoms with E-state index in [4.69, 9.17) is 11.6 Å². The molecule has 0 saturated carbocycles. The van der Waals surface area contributed by atoms with Gasteiger partial charge in [-0.15, -0.1) is 0 Å². The number of hydrogen-bond acceptors (Lipinski definition) is 3. The van der Waals surface area contributed by atoms with Crippen LogP contribution in [0.2, 0.25) is 5.02 Å². The summed E-state index contributed by atoms with van der Waals surface area (Å²) in [5, 5.41) is 13.9. The van der Waals surface area contributed by atoms with Crippen molar-refractivity contribution < 1.29 is 14.3 Å². The minimum atomic E-state index is -1.39. The second-order valence-electron chi connectivity index (χ2n) is 5.63. The van der Waals surface area contributed by atoms with Gasteiger partial charge in [0.1, 0.15) is 11.9 Å². The first kappa shape index (κ1) is 17.3. The lowest BCUT2D eigenvalue weighted by Gasteiger charge is -2.13. The van der Waals surface area contributed by atoms with Gasteiger partial charge in [-0.05, 0) is 23.8 Å². The smallest absolute Gasteiger partial charge is 0.249 e. The molecule has 0 spiro atoms. The summed E-state index contributed by atoms with van der Waals surface area (Å²) in [6, 6.07) is 13.7. The number of nitrogens with zero attached hydrogens (tertiary/aromatic N) is 1. The summed E-state index contributed by atoms with van der Waals surface area (Å²) in [4.78, 5) is 16.4. The van der Waals surface area contributed by atoms with E-state index >= 15 is 0 Å². The van der Waals surface area contributed by atoms with E-state index in [-0.39, 0.29) is 23.6 Å². The molecule has 1 heterocycles. The number of aliphatic hydroxyl groups excluding tert-OH is 1. The minimum absolute atomic E-state index is 0.124. The van der Waals surface area contributed by atoms with Gasteiger partial charge in [0.2, 0.25) is 5.91 Å². The van der Waals surface area contributed by atoms with Crippen LogP contribution in [0.15, 0.2) is 54.7 Å². The Hall–Kier alpha value is -2.50. The molecule has 0 saturated heterocycles. The molecule has 0 bridgehead atoms. The summed E-state index contributed by atoms with van der Waals surface area (Å²) in [5.74, 6) is -1.13. The van der Waals surface area contributed by atoms with Crippen molar-refractivity contribution in [2.24, 2.45) is 0 Å². The fourth-order valence-corrected chi connectivity index (χ4v) is 2.86. The summed E-state index contributed by atoms with van der Waals surface area (Å²) in [6.07, 6.45) is 0.103. The van der Waals surface area contributed by atoms with Gasteiger partial charge in [0.05, 0.1) is 5.52 Å². The molecule has 0 aliphatic rings. The van der Waals surface area contributed by atoms with Crippen molar-refractivity contribution >= 4 is 28.4 Å². The summed E-state index contributed by atoms with van der Waals surface area (Å²) in [7, 11) is 0. The van der Waals surface area contributed by atoms with Gasteiger partial charge in [0.15, 0.2) is 0 Å². The number of aromatic nitrogens is 1. The number of rotatable bonds is 5. The van der Waals surface area contributed by atoms with Gasteiger partial charge in [0, 0.05) is 35.1 Å². The molecule has 2 aromatic carbocycles. The predicted octanol–water partition coefficient (Wildman–Crippen LogP) is 3.25. The molecule has 25 heavy (non-hydrogen) atoms. The van der Waals surface area contributed by atoms with E-state index in [9.17, 15) is 14.3 Å². The van der Waals surface area contributed by atoms with E-state index in [1.165, 1.54) is 18.2 Å². The molecule has 1 amide bonds. The molecule has 0 aliphatic heterocycles. The van der Waals surface area contributed by atoms with Crippen LogP contribution in [0.25, 0.3) is 10.9 Å². The maximum absolute atomic E-state index is 13.8. The van der Waals surface area contributed by atoms with Crippen molar-refractivity contribution in [3.05, 3.63) is 76.7 Å². The Balaban J connectivity index is 1.68. The molecule has 128 valence electrons. The normalized spacial score (nSPS) is 12.1. The number of para-hydroxylation sites is 1. The number of amides is 1. The Morgan fingerprint density at radius 1 is 1.20 bits per heavy atom. The average molecular weight is 359 g/mol. The van der Waals surface area contributed by atoms with Crippen LogP contribution in [0.3, 0.4) is 0 Å². The van der Waals surface area contributed by atoms with Gasteiger partial charge in [-0.1, -0.05) is 41.9 Å². The molecular weight excluding hydrogens is 343 g/mol. The number of aliphatic hydroxyl groups is 1. The van der Waals surface area contributed by atoms with E-state index in [0.717, 1.165) is 16.5 Å². The number of halogens is 2. The Morgan fingerprint density at radius 3 is 2.76 bits per heavy atom. The molecule has 1 aromatic heterocycles. The minimum Gasteiger partial charge on any atom is -0.383 e. The van der Waals surface area contributed by atoms with Crippen LogP contribution in [0, 0.1) is 5.82 Å². The van der Waals surface area contributed by atoms with Crippen molar-refractivity contribution in [1.82, 2.24) is 10.3 Å². The number of hydrogen-bond donors (Lipinski definition) is 2. The molecule has 0 radical (unpaired) electrons. The standard InChI is InChI=1S/C19H16ClFN2O2/c20-15-7-2-8-16(21)14(15)10-17(24)19(25)23-11-13-5-1-4-12-6-3-9-22-18(12)13/h1-9,17,24H,10-11H2,(H,23,25)/t17-/m0/s1. The van der Waals surface area contributed by atoms with Crippen molar-refractivity contribution in [3.8, 4) is 0 Å². The second-order valence-corrected chi connectivity index (χ2v) is 6.04. The number of benzene rings is 2. The van der Waals surface area contributed by atoms with Crippen LogP contribution >= 0.6 is 11.6 Å². The Kier molecular flexibility index (Phi) is 5.26. The molecule has 4 nitrogen and oxygen atoms in total. The zero-order valence-corrected chi connectivity index (χ0v) is 14.0. The fourth-order valence-electron chi connectivity index (χ4n) is 2.62. The zero-order chi connectivity index (χ0) is 17.8. The first-order chi connectivity index (χ1) is 12.1. The van der Waals surface area contributed by atoms with Crippen LogP contribution in [-0.4, -0.2) is 22.1 Å². The van der Waals surface area contributed by atoms with Crippen LogP contribution < -0.4 is 5.32 Å². The maximum Gasteiger partial charge on any atom is 0.249 e. The Morgan fingerprint density at radius 2 is 1.96 bits per heavy atom. The number of fused-ring (bicyclic) bond motifs is 1. The first-order valence-electron chi connectivity index (χ1n) is 7.77. The molecule has 6 heteroatoms. The highest BCUT2D eigenvalue weighted by Gasteiger charge is 2.19. The Labute approximate surface area is 149 Å². The lowest BCUT2D eigenvalue weighted by molar-refractivity contribution is -0.129. The lowest BCUT2D eigenvalue weighted by Crippen LogP contribution is -2.35. The first-order valence-corrected chi connectivity index (χ1v) is 8.15. The van der Waals surface area contributed by atoms with Gasteiger partial charge in [-0.3, -0.25) is 9.78 Å². The quantitative estimate of drug-likeness (QED) is 0.736. The van der Waals surface area contributed by atoms with Gasteiger partial charge in [-0.2, -0.15) is 0 Å². The number of carbonyl (C=O) groups excluding carboxylic acids is 1. The van der Waals surface area contributed by atoms with E-state index < -0.39 is 17.8 Å². The highest BCUT2D eigenvalue weighted by atomic mass is 35.5. The topological polar surface area (TPSA) is 62.2 Å². The SMILES string of the molecule is O=C(NCc1cccc2cccnc12)[C@@H](O)Cc1c(F)cccc1Cl. The number of pyridine rings is 1. The summed E-state index contributed by atoms with van der Waals surface area (Å²) >= 11 is 5.93. The van der Waals surface area contributed by atoms with Gasteiger partial charge in [-0.25, -0.2) is 4.39 Å². The van der Waals surface area contributed by atoms with E-state index in [2.05, 4.69) is 10.3 Å². The third-order valence-corrected chi connectivity index (χ3v) is 4.29. The maximum atomic E-state index is 13.8. The lowest BCUT2D eigenvalue weighted by atomic mass is 10.1. The fraction of sp³-hybridized carbons (Fsp3) is 0.158. The van der Waals surface area contributed by atoms with Crippen LogP contribution in [-0.2, 0) is 17.8 Å². The molecule has 0 fully saturated rings. The van der Waals surface area contributed by atoms with Crippen molar-refractivity contribution in [2.45, 2.75) is 19.1 Å². The summed E-state index contributed by atoms with van der Waals surface area (Å²) < 4.78 is 13.8. The molecule has 3 aromatic rings. The van der Waals surface area contributed by atoms with Crippen molar-refractivity contribution in [3.63, 3.8) is 0 Å². The van der Waals surface area contributed by atoms with Crippen LogP contribution in [0.5, 0.6) is 0 Å². The monoisotopic (exact) mass is 358 g/mol. The van der Waals surface area contributed by atoms with Crippen LogP contribution in [0.1, 0.15) is 11.1 Å². The second kappa shape index (κ2) is 7.59. The van der Waals surface area contributed by atoms with Gasteiger partial charge in [0.25, 0.3) is 0 Å². The van der Waals surface area contributed by atoms with E-state index in [1.54, 1.807) is 6.20 Å². The molecule has 0 aliphatic carbocycles. The third kappa shape index (κ3) is 3.95. The summed E-state index contributed by atoms with van der Waals surface area (Å²) in [5.41, 5.74) is 1.75. The highest BCUT2D eigenvalue weighted by Crippen LogP contribution is 2.21. The molecule has 3 rings (SSSR count). The Bertz CT molecular complexity index is 891. The average Bonchev–Trinajstić information content (AvgIpc) is 2.62. The van der Waals surface area contributed by atoms with E-state index in [1.807, 2.05) is 30.3 Å². The predicted molar refractivity (Wildman–Crippen MR) is 94.7 cm³/mol. The zero-order valence-electron chi connectivity index (χ0n) is 13.2. The van der Waals surface area contributed by atoms with Crippen molar-refractivity contribution in [2.75, 3.05) is 0 Å². The highest BCUT2D eigenvalue weighted by molar-refractivity contribution is 6.31. The van der Waals surface area contributed by atoms with Gasteiger partial charge < -0.3 is 10.4 Å². The van der Waals surface area contributed by atoms with Crippen LogP contribution in [0.4, 0.5) is 4.39 Å².